The van der Waals surface area contributed by atoms with Gasteiger partial charge in [-0.2, -0.15) is 5.26 Å². The van der Waals surface area contributed by atoms with Crippen molar-refractivity contribution >= 4 is 46.6 Å². The second-order valence-corrected chi connectivity index (χ2v) is 6.20. The molecule has 2 aromatic rings. The summed E-state index contributed by atoms with van der Waals surface area (Å²) in [4.78, 5) is 14.6. The lowest BCUT2D eigenvalue weighted by atomic mass is 10.3. The van der Waals surface area contributed by atoms with Crippen molar-refractivity contribution in [3.8, 4) is 6.07 Å². The van der Waals surface area contributed by atoms with Gasteiger partial charge in [0.25, 0.3) is 0 Å². The van der Waals surface area contributed by atoms with E-state index in [0.29, 0.717) is 15.7 Å². The zero-order valence-electron chi connectivity index (χ0n) is 11.5. The minimum Gasteiger partial charge on any atom is -0.298 e. The average molecular weight is 351 g/mol. The van der Waals surface area contributed by atoms with Gasteiger partial charge >= 0.3 is 0 Å². The Morgan fingerprint density at radius 1 is 1.18 bits per heavy atom. The number of para-hydroxylation sites is 1. The summed E-state index contributed by atoms with van der Waals surface area (Å²) >= 11 is 13.3. The Hall–Kier alpha value is -1.67. The number of rotatable bonds is 5. The van der Waals surface area contributed by atoms with Gasteiger partial charge in [-0.3, -0.25) is 9.69 Å². The molecular weight excluding hydrogens is 339 g/mol. The summed E-state index contributed by atoms with van der Waals surface area (Å²) in [5.74, 6) is 0.0187. The molecule has 1 amide bonds. The largest absolute Gasteiger partial charge is 0.298 e. The number of anilines is 1. The maximum Gasteiger partial charge on any atom is 0.238 e. The molecule has 0 N–H and O–H groups in total. The van der Waals surface area contributed by atoms with Gasteiger partial charge in [0.1, 0.15) is 6.54 Å². The van der Waals surface area contributed by atoms with Gasteiger partial charge in [0, 0.05) is 15.6 Å². The van der Waals surface area contributed by atoms with E-state index in [0.717, 1.165) is 4.90 Å². The van der Waals surface area contributed by atoms with Crippen LogP contribution in [0.2, 0.25) is 10.0 Å². The minimum atomic E-state index is -0.159. The van der Waals surface area contributed by atoms with Crippen molar-refractivity contribution in [3.05, 3.63) is 58.6 Å². The lowest BCUT2D eigenvalue weighted by molar-refractivity contribution is -0.116. The van der Waals surface area contributed by atoms with Gasteiger partial charge in [0.05, 0.1) is 16.8 Å². The second-order valence-electron chi connectivity index (χ2n) is 4.34. The second kappa shape index (κ2) is 8.09. The first kappa shape index (κ1) is 16.7. The van der Waals surface area contributed by atoms with Gasteiger partial charge in [-0.05, 0) is 30.3 Å². The Balaban J connectivity index is 2.09. The number of hydrogen-bond donors (Lipinski definition) is 0. The van der Waals surface area contributed by atoms with Crippen LogP contribution in [0.15, 0.2) is 53.4 Å². The van der Waals surface area contributed by atoms with E-state index in [1.807, 2.05) is 24.3 Å². The molecule has 0 spiro atoms. The first-order chi connectivity index (χ1) is 10.6. The highest BCUT2D eigenvalue weighted by molar-refractivity contribution is 8.00. The molecule has 0 saturated carbocycles. The summed E-state index contributed by atoms with van der Waals surface area (Å²) in [6, 6.07) is 16.2. The summed E-state index contributed by atoms with van der Waals surface area (Å²) < 4.78 is 0. The maximum absolute atomic E-state index is 12.4. The third-order valence-corrected chi connectivity index (χ3v) is 4.56. The van der Waals surface area contributed by atoms with Crippen molar-refractivity contribution in [1.82, 2.24) is 0 Å². The molecule has 2 aromatic carbocycles. The van der Waals surface area contributed by atoms with E-state index < -0.39 is 0 Å². The molecule has 0 aromatic heterocycles. The third kappa shape index (κ3) is 4.41. The highest BCUT2D eigenvalue weighted by Crippen LogP contribution is 2.30. The van der Waals surface area contributed by atoms with Gasteiger partial charge in [-0.1, -0.05) is 41.4 Å². The zero-order chi connectivity index (χ0) is 15.9. The Kier molecular flexibility index (Phi) is 6.14. The predicted octanol–water partition coefficient (Wildman–Crippen LogP) is 4.64. The smallest absolute Gasteiger partial charge is 0.238 e. The van der Waals surface area contributed by atoms with Crippen molar-refractivity contribution in [3.63, 3.8) is 0 Å². The summed E-state index contributed by atoms with van der Waals surface area (Å²) in [7, 11) is 0. The highest BCUT2D eigenvalue weighted by atomic mass is 35.5. The molecule has 0 radical (unpaired) electrons. The SMILES string of the molecule is N#CCN(C(=O)CSc1cc(Cl)ccc1Cl)c1ccccc1. The van der Waals surface area contributed by atoms with E-state index in [9.17, 15) is 4.79 Å². The zero-order valence-corrected chi connectivity index (χ0v) is 13.8. The first-order valence-electron chi connectivity index (χ1n) is 6.42. The van der Waals surface area contributed by atoms with E-state index in [2.05, 4.69) is 0 Å². The number of carbonyl (C=O) groups excluding carboxylic acids is 1. The molecule has 0 unspecified atom stereocenters. The molecule has 0 atom stereocenters. The minimum absolute atomic E-state index is 0.00663. The van der Waals surface area contributed by atoms with E-state index >= 15 is 0 Å². The molecule has 0 aliphatic heterocycles. The van der Waals surface area contributed by atoms with Crippen molar-refractivity contribution in [2.45, 2.75) is 4.90 Å². The Morgan fingerprint density at radius 2 is 1.91 bits per heavy atom. The number of benzene rings is 2. The quantitative estimate of drug-likeness (QED) is 0.582. The molecule has 0 bridgehead atoms. The predicted molar refractivity (Wildman–Crippen MR) is 91.6 cm³/mol. The van der Waals surface area contributed by atoms with Gasteiger partial charge in [-0.15, -0.1) is 11.8 Å². The molecule has 6 heteroatoms. The van der Waals surface area contributed by atoms with E-state index in [4.69, 9.17) is 28.5 Å². The average Bonchev–Trinajstić information content (AvgIpc) is 2.54. The fraction of sp³-hybridized carbons (Fsp3) is 0.125. The number of amides is 1. The Labute approximate surface area is 143 Å². The molecule has 3 nitrogen and oxygen atoms in total. The van der Waals surface area contributed by atoms with Gasteiger partial charge in [-0.25, -0.2) is 0 Å². The summed E-state index contributed by atoms with van der Waals surface area (Å²) in [6.45, 7) is 0.00663. The fourth-order valence-corrected chi connectivity index (χ4v) is 3.18. The summed E-state index contributed by atoms with van der Waals surface area (Å²) in [5.41, 5.74) is 0.701. The number of nitrogens with zero attached hydrogens (tertiary/aromatic N) is 2. The topological polar surface area (TPSA) is 44.1 Å². The van der Waals surface area contributed by atoms with Crippen LogP contribution in [0.1, 0.15) is 0 Å². The number of carbonyl (C=O) groups is 1. The molecule has 22 heavy (non-hydrogen) atoms. The maximum atomic E-state index is 12.4. The highest BCUT2D eigenvalue weighted by Gasteiger charge is 2.16. The molecule has 0 heterocycles. The number of halogens is 2. The van der Waals surface area contributed by atoms with Crippen LogP contribution < -0.4 is 4.90 Å². The molecule has 0 fully saturated rings. The van der Waals surface area contributed by atoms with Crippen LogP contribution in [0.5, 0.6) is 0 Å². The summed E-state index contributed by atoms with van der Waals surface area (Å²) in [5, 5.41) is 10.0. The van der Waals surface area contributed by atoms with Gasteiger partial charge < -0.3 is 0 Å². The third-order valence-electron chi connectivity index (χ3n) is 2.84. The van der Waals surface area contributed by atoms with E-state index in [1.165, 1.54) is 16.7 Å². The Bertz CT molecular complexity index is 701. The van der Waals surface area contributed by atoms with Crippen LogP contribution in [-0.4, -0.2) is 18.2 Å². The normalized spacial score (nSPS) is 10.0. The van der Waals surface area contributed by atoms with Crippen molar-refractivity contribution < 1.29 is 4.79 Å². The number of hydrogen-bond acceptors (Lipinski definition) is 3. The molecule has 0 saturated heterocycles. The van der Waals surface area contributed by atoms with Crippen molar-refractivity contribution in [2.75, 3.05) is 17.2 Å². The number of nitriles is 1. The Morgan fingerprint density at radius 3 is 2.59 bits per heavy atom. The van der Waals surface area contributed by atoms with Crippen molar-refractivity contribution in [2.24, 2.45) is 0 Å². The number of thioether (sulfide) groups is 1. The molecule has 112 valence electrons. The summed E-state index contributed by atoms with van der Waals surface area (Å²) in [6.07, 6.45) is 0. The standard InChI is InChI=1S/C16H12Cl2N2OS/c17-12-6-7-14(18)15(10-12)22-11-16(21)20(9-8-19)13-4-2-1-3-5-13/h1-7,10H,9,11H2. The van der Waals surface area contributed by atoms with Crippen LogP contribution in [-0.2, 0) is 4.79 Å². The lowest BCUT2D eigenvalue weighted by Crippen LogP contribution is -2.32. The molecule has 2 rings (SSSR count). The van der Waals surface area contributed by atoms with Crippen LogP contribution in [0, 0.1) is 11.3 Å². The van der Waals surface area contributed by atoms with Crippen LogP contribution in [0.4, 0.5) is 5.69 Å². The van der Waals surface area contributed by atoms with Crippen LogP contribution >= 0.6 is 35.0 Å². The van der Waals surface area contributed by atoms with Crippen LogP contribution in [0.3, 0.4) is 0 Å². The van der Waals surface area contributed by atoms with Gasteiger partial charge in [0.2, 0.25) is 5.91 Å². The van der Waals surface area contributed by atoms with Crippen LogP contribution in [0.25, 0.3) is 0 Å². The molecule has 0 aliphatic rings. The van der Waals surface area contributed by atoms with E-state index in [1.54, 1.807) is 30.3 Å². The molecule has 0 aliphatic carbocycles. The molecular formula is C16H12Cl2N2OS. The lowest BCUT2D eigenvalue weighted by Gasteiger charge is -2.19. The van der Waals surface area contributed by atoms with Crippen molar-refractivity contribution in [1.29, 1.82) is 5.26 Å². The van der Waals surface area contributed by atoms with Gasteiger partial charge in [0.15, 0.2) is 0 Å². The first-order valence-corrected chi connectivity index (χ1v) is 8.16. The fourth-order valence-electron chi connectivity index (χ4n) is 1.81. The van der Waals surface area contributed by atoms with E-state index in [-0.39, 0.29) is 18.2 Å². The monoisotopic (exact) mass is 350 g/mol.